The maximum Gasteiger partial charge on any atom is 0.412 e. The SMILES string of the molecule is CN(C)[C@@H]1CN(c2ncc3c4c(c(-c5c(F)ccc6sc(NC(=O)OC(C)(C)C)c(C#N)c56)c(F)c3n2)COC4)C[C@@H]1O. The van der Waals surface area contributed by atoms with Gasteiger partial charge in [-0.15, -0.1) is 11.3 Å². The zero-order valence-corrected chi connectivity index (χ0v) is 25.1. The number of halogens is 2. The average molecular weight is 609 g/mol. The van der Waals surface area contributed by atoms with E-state index in [-0.39, 0.29) is 64.3 Å². The summed E-state index contributed by atoms with van der Waals surface area (Å²) in [7, 11) is 3.74. The van der Waals surface area contributed by atoms with Crippen molar-refractivity contribution in [3.63, 3.8) is 0 Å². The second-order valence-corrected chi connectivity index (χ2v) is 13.0. The number of likely N-dealkylation sites (N-methyl/N-ethyl adjacent to an activating group) is 1. The molecule has 4 aromatic rings. The lowest BCUT2D eigenvalue weighted by Gasteiger charge is -2.21. The van der Waals surface area contributed by atoms with Crippen LogP contribution in [0.25, 0.3) is 32.1 Å². The van der Waals surface area contributed by atoms with Crippen LogP contribution in [0.5, 0.6) is 0 Å². The summed E-state index contributed by atoms with van der Waals surface area (Å²) in [6.07, 6.45) is 0.135. The second kappa shape index (κ2) is 10.6. The average Bonchev–Trinajstić information content (AvgIpc) is 3.65. The van der Waals surface area contributed by atoms with Gasteiger partial charge in [0.1, 0.15) is 28.0 Å². The number of aliphatic hydroxyl groups is 1. The van der Waals surface area contributed by atoms with E-state index in [0.717, 1.165) is 11.3 Å². The first-order valence-corrected chi connectivity index (χ1v) is 14.5. The molecular weight excluding hydrogens is 578 g/mol. The molecule has 0 spiro atoms. The summed E-state index contributed by atoms with van der Waals surface area (Å²) in [4.78, 5) is 25.3. The predicted molar refractivity (Wildman–Crippen MR) is 159 cm³/mol. The number of nitrogens with one attached hydrogen (secondary N) is 1. The van der Waals surface area contributed by atoms with Crippen LogP contribution in [-0.4, -0.2) is 71.0 Å². The molecule has 10 nitrogen and oxygen atoms in total. The lowest BCUT2D eigenvalue weighted by Crippen LogP contribution is -2.38. The van der Waals surface area contributed by atoms with Crippen molar-refractivity contribution in [1.29, 1.82) is 5.26 Å². The van der Waals surface area contributed by atoms with Crippen molar-refractivity contribution in [3.05, 3.63) is 46.7 Å². The maximum atomic E-state index is 16.7. The van der Waals surface area contributed by atoms with E-state index in [1.807, 2.05) is 19.0 Å². The second-order valence-electron chi connectivity index (χ2n) is 11.9. The van der Waals surface area contributed by atoms with Crippen LogP contribution in [0.4, 0.5) is 24.5 Å². The fourth-order valence-electron chi connectivity index (χ4n) is 5.76. The van der Waals surface area contributed by atoms with Gasteiger partial charge in [0.25, 0.3) is 0 Å². The summed E-state index contributed by atoms with van der Waals surface area (Å²) in [5, 5.41) is 24.1. The number of anilines is 2. The molecule has 43 heavy (non-hydrogen) atoms. The number of hydrogen-bond acceptors (Lipinski definition) is 10. The highest BCUT2D eigenvalue weighted by molar-refractivity contribution is 7.23. The molecule has 2 aliphatic rings. The summed E-state index contributed by atoms with van der Waals surface area (Å²) in [6.45, 7) is 6.05. The third-order valence-electron chi connectivity index (χ3n) is 7.67. The van der Waals surface area contributed by atoms with Gasteiger partial charge in [0.15, 0.2) is 5.82 Å². The number of aliphatic hydroxyl groups excluding tert-OH is 1. The normalized spacial score (nSPS) is 18.5. The lowest BCUT2D eigenvalue weighted by atomic mass is 9.90. The van der Waals surface area contributed by atoms with Crippen molar-refractivity contribution in [1.82, 2.24) is 14.9 Å². The Kier molecular flexibility index (Phi) is 7.21. The predicted octanol–water partition coefficient (Wildman–Crippen LogP) is 5.15. The number of rotatable bonds is 4. The van der Waals surface area contributed by atoms with Crippen molar-refractivity contribution >= 4 is 49.4 Å². The van der Waals surface area contributed by atoms with Gasteiger partial charge in [0, 0.05) is 45.9 Å². The highest BCUT2D eigenvalue weighted by Gasteiger charge is 2.35. The zero-order valence-electron chi connectivity index (χ0n) is 24.3. The molecule has 2 N–H and O–H groups in total. The molecule has 1 saturated heterocycles. The first-order valence-electron chi connectivity index (χ1n) is 13.7. The molecule has 0 radical (unpaired) electrons. The summed E-state index contributed by atoms with van der Waals surface area (Å²) < 4.78 is 44.1. The molecule has 224 valence electrons. The number of aromatic nitrogens is 2. The molecule has 6 rings (SSSR count). The number of hydrogen-bond donors (Lipinski definition) is 2. The van der Waals surface area contributed by atoms with E-state index in [9.17, 15) is 15.2 Å². The molecule has 2 aromatic carbocycles. The molecule has 1 amide bonds. The standard InChI is InChI=1S/C30H30F2N6O4S/c1-30(2,3)42-29(40)36-27-14(8-33)22-21(43-27)7-6-18(31)24(22)23-17-13-41-12-16(17)15-9-34-28(35-26(15)25(23)32)38-10-19(37(4)5)20(39)11-38/h6-7,9,19-20,39H,10-13H2,1-5H3,(H,36,40)/t19-,20+/m1/s1. The van der Waals surface area contributed by atoms with Crippen LogP contribution >= 0.6 is 11.3 Å². The van der Waals surface area contributed by atoms with E-state index in [1.165, 1.54) is 12.1 Å². The number of fused-ring (bicyclic) bond motifs is 4. The van der Waals surface area contributed by atoms with Gasteiger partial charge < -0.3 is 24.4 Å². The number of amides is 1. The molecule has 0 bridgehead atoms. The third kappa shape index (κ3) is 5.04. The third-order valence-corrected chi connectivity index (χ3v) is 8.74. The molecule has 2 aromatic heterocycles. The van der Waals surface area contributed by atoms with Crippen LogP contribution < -0.4 is 10.2 Å². The van der Waals surface area contributed by atoms with Crippen molar-refractivity contribution in [2.45, 2.75) is 51.7 Å². The number of nitriles is 1. The number of thiophene rings is 1. The van der Waals surface area contributed by atoms with E-state index in [1.54, 1.807) is 31.9 Å². The Hall–Kier alpha value is -3.96. The Morgan fingerprint density at radius 2 is 1.98 bits per heavy atom. The van der Waals surface area contributed by atoms with Crippen LogP contribution in [0.3, 0.4) is 0 Å². The first kappa shape index (κ1) is 29.1. The molecule has 4 heterocycles. The molecule has 1 fully saturated rings. The number of β-amino-alcohol motifs (C(OH)–C–C–N with tert-alkyl or cyclic N) is 1. The van der Waals surface area contributed by atoms with Gasteiger partial charge in [0.05, 0.1) is 30.9 Å². The summed E-state index contributed by atoms with van der Waals surface area (Å²) >= 11 is 1.07. The van der Waals surface area contributed by atoms with E-state index in [0.29, 0.717) is 27.8 Å². The van der Waals surface area contributed by atoms with Gasteiger partial charge in [-0.2, -0.15) is 5.26 Å². The summed E-state index contributed by atoms with van der Waals surface area (Å²) in [5.41, 5.74) is 0.157. The fraction of sp³-hybridized carbons (Fsp3) is 0.400. The Balaban J connectivity index is 1.54. The van der Waals surface area contributed by atoms with Crippen LogP contribution in [0.1, 0.15) is 37.5 Å². The molecule has 13 heteroatoms. The molecule has 0 aliphatic carbocycles. The minimum Gasteiger partial charge on any atom is -0.444 e. The van der Waals surface area contributed by atoms with Gasteiger partial charge in [-0.05, 0) is 58.1 Å². The number of nitrogens with zero attached hydrogens (tertiary/aromatic N) is 5. The quantitative estimate of drug-likeness (QED) is 0.324. The van der Waals surface area contributed by atoms with Gasteiger partial charge >= 0.3 is 6.09 Å². The number of carbonyl (C=O) groups is 1. The fourth-order valence-corrected chi connectivity index (χ4v) is 6.81. The number of benzene rings is 2. The zero-order chi connectivity index (χ0) is 30.8. The Labute approximate surface area is 250 Å². The highest BCUT2D eigenvalue weighted by atomic mass is 32.1. The van der Waals surface area contributed by atoms with Gasteiger partial charge in [0.2, 0.25) is 5.95 Å². The van der Waals surface area contributed by atoms with Crippen LogP contribution in [-0.2, 0) is 22.7 Å². The van der Waals surface area contributed by atoms with E-state index in [4.69, 9.17) is 9.47 Å². The van der Waals surface area contributed by atoms with Crippen molar-refractivity contribution in [2.75, 3.05) is 37.4 Å². The van der Waals surface area contributed by atoms with Crippen molar-refractivity contribution in [3.8, 4) is 17.2 Å². The number of ether oxygens (including phenoxy) is 2. The van der Waals surface area contributed by atoms with Gasteiger partial charge in [-0.25, -0.2) is 23.5 Å². The van der Waals surface area contributed by atoms with Gasteiger partial charge in [-0.1, -0.05) is 0 Å². The largest absolute Gasteiger partial charge is 0.444 e. The van der Waals surface area contributed by atoms with Crippen LogP contribution in [0, 0.1) is 23.0 Å². The summed E-state index contributed by atoms with van der Waals surface area (Å²) in [5.74, 6) is -1.26. The number of carbonyl (C=O) groups excluding carboxylic acids is 1. The van der Waals surface area contributed by atoms with E-state index < -0.39 is 29.4 Å². The lowest BCUT2D eigenvalue weighted by molar-refractivity contribution is 0.0636. The Bertz CT molecular complexity index is 1830. The first-order chi connectivity index (χ1) is 20.4. The smallest absolute Gasteiger partial charge is 0.412 e. The molecule has 2 atom stereocenters. The molecule has 0 saturated carbocycles. The topological polar surface area (TPSA) is 124 Å². The van der Waals surface area contributed by atoms with E-state index in [2.05, 4.69) is 21.4 Å². The van der Waals surface area contributed by atoms with Crippen molar-refractivity contribution in [2.24, 2.45) is 0 Å². The van der Waals surface area contributed by atoms with Crippen molar-refractivity contribution < 1.29 is 28.2 Å². The molecule has 0 unspecified atom stereocenters. The minimum absolute atomic E-state index is 0.00307. The molecule has 2 aliphatic heterocycles. The monoisotopic (exact) mass is 608 g/mol. The summed E-state index contributed by atoms with van der Waals surface area (Å²) in [6, 6.07) is 4.64. The van der Waals surface area contributed by atoms with Crippen LogP contribution in [0.15, 0.2) is 18.3 Å². The Morgan fingerprint density at radius 1 is 1.23 bits per heavy atom. The van der Waals surface area contributed by atoms with Crippen LogP contribution in [0.2, 0.25) is 0 Å². The Morgan fingerprint density at radius 3 is 2.65 bits per heavy atom. The maximum absolute atomic E-state index is 16.7. The minimum atomic E-state index is -0.777. The highest BCUT2D eigenvalue weighted by Crippen LogP contribution is 2.47. The molecular formula is C30H30F2N6O4S. The van der Waals surface area contributed by atoms with Gasteiger partial charge in [-0.3, -0.25) is 5.32 Å². The van der Waals surface area contributed by atoms with E-state index >= 15 is 8.78 Å².